The van der Waals surface area contributed by atoms with Gasteiger partial charge in [0.15, 0.2) is 11.5 Å². The molecule has 2 saturated carbocycles. The number of benzene rings is 2. The van der Waals surface area contributed by atoms with E-state index in [0.717, 1.165) is 48.1 Å². The minimum Gasteiger partial charge on any atom is -0.496 e. The molecule has 4 rings (SSSR count). The molecule has 2 aromatic rings. The van der Waals surface area contributed by atoms with Crippen LogP contribution >= 0.6 is 0 Å². The maximum absolute atomic E-state index is 12.2. The smallest absolute Gasteiger partial charge is 0.306 e. The minimum atomic E-state index is -0.791. The molecular weight excluding hydrogens is 442 g/mol. The maximum Gasteiger partial charge on any atom is 0.306 e. The van der Waals surface area contributed by atoms with Crippen LogP contribution in [0.1, 0.15) is 61.6 Å². The van der Waals surface area contributed by atoms with Crippen molar-refractivity contribution < 1.29 is 24.1 Å². The van der Waals surface area contributed by atoms with Crippen LogP contribution in [0.2, 0.25) is 0 Å². The first-order valence-electron chi connectivity index (χ1n) is 12.5. The van der Waals surface area contributed by atoms with Gasteiger partial charge in [0.25, 0.3) is 0 Å². The summed E-state index contributed by atoms with van der Waals surface area (Å²) >= 11 is 0. The third-order valence-corrected chi connectivity index (χ3v) is 7.88. The number of nitrogens with zero attached hydrogens (tertiary/aromatic N) is 1. The number of carboxylic acid groups (broad SMARTS) is 1. The van der Waals surface area contributed by atoms with E-state index in [0.29, 0.717) is 37.2 Å². The number of aryl methyl sites for hydroxylation is 1. The van der Waals surface area contributed by atoms with Crippen molar-refractivity contribution in [2.45, 2.75) is 69.8 Å². The normalized spacial score (nSPS) is 24.5. The van der Waals surface area contributed by atoms with E-state index in [-0.39, 0.29) is 12.0 Å². The number of hydrogen-bond donors (Lipinski definition) is 1. The lowest BCUT2D eigenvalue weighted by Crippen LogP contribution is -2.40. The largest absolute Gasteiger partial charge is 0.496 e. The zero-order valence-corrected chi connectivity index (χ0v) is 20.9. The van der Waals surface area contributed by atoms with Crippen molar-refractivity contribution in [1.29, 1.82) is 5.26 Å². The highest BCUT2D eigenvalue weighted by molar-refractivity contribution is 5.71. The number of carbonyl (C=O) groups is 1. The Labute approximate surface area is 207 Å². The van der Waals surface area contributed by atoms with Crippen molar-refractivity contribution in [3.63, 3.8) is 0 Å². The molecule has 0 radical (unpaired) electrons. The van der Waals surface area contributed by atoms with Crippen molar-refractivity contribution in [3.8, 4) is 23.3 Å². The summed E-state index contributed by atoms with van der Waals surface area (Å²) in [6.45, 7) is 1.99. The fourth-order valence-electron chi connectivity index (χ4n) is 5.84. The SMILES string of the molecule is COc1cc(CC2CC(C#N)(c3ccc(OC)c(OC4CCCC4)c3)CCC2C(=O)O)ccc1C. The Morgan fingerprint density at radius 3 is 2.46 bits per heavy atom. The molecule has 0 aromatic heterocycles. The van der Waals surface area contributed by atoms with Crippen molar-refractivity contribution in [2.24, 2.45) is 11.8 Å². The van der Waals surface area contributed by atoms with Gasteiger partial charge in [-0.1, -0.05) is 18.2 Å². The molecule has 186 valence electrons. The average Bonchev–Trinajstić information content (AvgIpc) is 3.38. The Morgan fingerprint density at radius 1 is 1.06 bits per heavy atom. The Hall–Kier alpha value is -3.20. The summed E-state index contributed by atoms with van der Waals surface area (Å²) in [6.07, 6.45) is 6.57. The molecule has 2 aliphatic rings. The van der Waals surface area contributed by atoms with Crippen LogP contribution in [0.5, 0.6) is 17.2 Å². The molecule has 3 atom stereocenters. The molecule has 0 spiro atoms. The molecule has 6 nitrogen and oxygen atoms in total. The molecule has 3 unspecified atom stereocenters. The lowest BCUT2D eigenvalue weighted by atomic mass is 9.62. The van der Waals surface area contributed by atoms with E-state index in [1.807, 2.05) is 43.3 Å². The van der Waals surface area contributed by atoms with Crippen LogP contribution in [0.4, 0.5) is 0 Å². The Kier molecular flexibility index (Phi) is 7.54. The monoisotopic (exact) mass is 477 g/mol. The van der Waals surface area contributed by atoms with Gasteiger partial charge in [-0.25, -0.2) is 0 Å². The molecule has 0 amide bonds. The summed E-state index contributed by atoms with van der Waals surface area (Å²) < 4.78 is 17.3. The fourth-order valence-corrected chi connectivity index (χ4v) is 5.84. The molecular formula is C29H35NO5. The Bertz CT molecular complexity index is 1100. The number of rotatable bonds is 8. The molecule has 1 N–H and O–H groups in total. The van der Waals surface area contributed by atoms with E-state index >= 15 is 0 Å². The first-order chi connectivity index (χ1) is 16.9. The number of aliphatic carboxylic acids is 1. The van der Waals surface area contributed by atoms with Crippen LogP contribution < -0.4 is 14.2 Å². The average molecular weight is 478 g/mol. The highest BCUT2D eigenvalue weighted by Crippen LogP contribution is 2.47. The molecule has 0 saturated heterocycles. The summed E-state index contributed by atoms with van der Waals surface area (Å²) in [5, 5.41) is 20.4. The van der Waals surface area contributed by atoms with Crippen molar-refractivity contribution in [1.82, 2.24) is 0 Å². The van der Waals surface area contributed by atoms with Gasteiger partial charge in [-0.2, -0.15) is 5.26 Å². The third-order valence-electron chi connectivity index (χ3n) is 7.88. The first kappa shape index (κ1) is 24.9. The van der Waals surface area contributed by atoms with Crippen LogP contribution in [-0.2, 0) is 16.6 Å². The lowest BCUT2D eigenvalue weighted by Gasteiger charge is -2.40. The molecule has 0 aliphatic heterocycles. The van der Waals surface area contributed by atoms with E-state index in [1.54, 1.807) is 14.2 Å². The van der Waals surface area contributed by atoms with Gasteiger partial charge in [-0.3, -0.25) is 4.79 Å². The van der Waals surface area contributed by atoms with Crippen LogP contribution in [0.3, 0.4) is 0 Å². The predicted molar refractivity (Wildman–Crippen MR) is 133 cm³/mol. The zero-order chi connectivity index (χ0) is 25.0. The summed E-state index contributed by atoms with van der Waals surface area (Å²) in [6, 6.07) is 14.4. The number of carboxylic acids is 1. The standard InChI is InChI=1S/C29H35NO5/c1-19-8-9-20(15-26(19)34-3)14-21-17-29(18-30,13-12-24(21)28(31)32)22-10-11-25(33-2)27(16-22)35-23-6-4-5-7-23/h8-11,15-16,21,23-24H,4-7,12-14,17H2,1-3H3,(H,31,32). The van der Waals surface area contributed by atoms with Gasteiger partial charge in [0.05, 0.1) is 37.7 Å². The first-order valence-corrected chi connectivity index (χ1v) is 12.5. The highest BCUT2D eigenvalue weighted by atomic mass is 16.5. The zero-order valence-electron chi connectivity index (χ0n) is 20.9. The summed E-state index contributed by atoms with van der Waals surface area (Å²) in [5.41, 5.74) is 2.17. The maximum atomic E-state index is 12.2. The van der Waals surface area contributed by atoms with Crippen LogP contribution in [-0.4, -0.2) is 31.4 Å². The van der Waals surface area contributed by atoms with Crippen molar-refractivity contribution in [3.05, 3.63) is 53.1 Å². The molecule has 2 aromatic carbocycles. The third kappa shape index (κ3) is 5.24. The molecule has 6 heteroatoms. The van der Waals surface area contributed by atoms with Gasteiger partial charge in [-0.05, 0) is 99.1 Å². The Morgan fingerprint density at radius 2 is 1.80 bits per heavy atom. The number of methoxy groups -OCH3 is 2. The molecule has 2 aliphatic carbocycles. The number of nitriles is 1. The van der Waals surface area contributed by atoms with E-state index in [9.17, 15) is 15.2 Å². The number of hydrogen-bond acceptors (Lipinski definition) is 5. The topological polar surface area (TPSA) is 88.8 Å². The van der Waals surface area contributed by atoms with E-state index in [1.165, 1.54) is 0 Å². The van der Waals surface area contributed by atoms with Crippen molar-refractivity contribution >= 4 is 5.97 Å². The predicted octanol–water partition coefficient (Wildman–Crippen LogP) is 5.84. The van der Waals surface area contributed by atoms with E-state index in [2.05, 4.69) is 6.07 Å². The Balaban J connectivity index is 1.65. The van der Waals surface area contributed by atoms with Crippen LogP contribution in [0, 0.1) is 30.1 Å². The number of ether oxygens (including phenoxy) is 3. The molecule has 2 fully saturated rings. The molecule has 35 heavy (non-hydrogen) atoms. The summed E-state index contributed by atoms with van der Waals surface area (Å²) in [4.78, 5) is 12.2. The van der Waals surface area contributed by atoms with Gasteiger partial charge in [0.1, 0.15) is 5.75 Å². The minimum absolute atomic E-state index is 0.171. The van der Waals surface area contributed by atoms with E-state index < -0.39 is 17.3 Å². The second-order valence-electron chi connectivity index (χ2n) is 10.0. The van der Waals surface area contributed by atoms with Gasteiger partial charge < -0.3 is 19.3 Å². The van der Waals surface area contributed by atoms with Gasteiger partial charge in [0.2, 0.25) is 0 Å². The fraction of sp³-hybridized carbons (Fsp3) is 0.517. The quantitative estimate of drug-likeness (QED) is 0.514. The van der Waals surface area contributed by atoms with Crippen LogP contribution in [0.25, 0.3) is 0 Å². The summed E-state index contributed by atoms with van der Waals surface area (Å²) in [7, 11) is 3.27. The van der Waals surface area contributed by atoms with Crippen LogP contribution in [0.15, 0.2) is 36.4 Å². The lowest BCUT2D eigenvalue weighted by molar-refractivity contribution is -0.145. The second-order valence-corrected chi connectivity index (χ2v) is 10.0. The second kappa shape index (κ2) is 10.6. The van der Waals surface area contributed by atoms with Gasteiger partial charge in [0, 0.05) is 0 Å². The molecule has 0 heterocycles. The highest BCUT2D eigenvalue weighted by Gasteiger charge is 2.45. The van der Waals surface area contributed by atoms with Crippen molar-refractivity contribution in [2.75, 3.05) is 14.2 Å². The van der Waals surface area contributed by atoms with E-state index in [4.69, 9.17) is 14.2 Å². The van der Waals surface area contributed by atoms with Gasteiger partial charge >= 0.3 is 5.97 Å². The molecule has 0 bridgehead atoms. The van der Waals surface area contributed by atoms with Gasteiger partial charge in [-0.15, -0.1) is 0 Å². The summed E-state index contributed by atoms with van der Waals surface area (Å²) in [5.74, 6) is 0.676.